The topological polar surface area (TPSA) is 57.7 Å². The molecule has 0 saturated carbocycles. The average Bonchev–Trinajstić information content (AvgIpc) is 2.99. The number of hydrogen-bond donors (Lipinski definition) is 0. The Balaban J connectivity index is 1.56. The highest BCUT2D eigenvalue weighted by molar-refractivity contribution is 8.02. The summed E-state index contributed by atoms with van der Waals surface area (Å²) in [4.78, 5) is 14.0. The van der Waals surface area contributed by atoms with Gasteiger partial charge in [0, 0.05) is 23.8 Å². The molecule has 1 spiro atoms. The van der Waals surface area contributed by atoms with Crippen molar-refractivity contribution in [1.82, 2.24) is 4.31 Å². The van der Waals surface area contributed by atoms with Crippen LogP contribution in [0.2, 0.25) is 5.02 Å². The predicted molar refractivity (Wildman–Crippen MR) is 109 cm³/mol. The van der Waals surface area contributed by atoms with E-state index in [1.165, 1.54) is 16.4 Å². The van der Waals surface area contributed by atoms with E-state index in [-0.39, 0.29) is 10.8 Å². The molecular formula is C19H18ClFN2O3S2. The second-order valence-electron chi connectivity index (χ2n) is 6.80. The summed E-state index contributed by atoms with van der Waals surface area (Å²) in [5.74, 6) is -0.0916. The molecule has 0 aliphatic carbocycles. The first-order chi connectivity index (χ1) is 13.3. The van der Waals surface area contributed by atoms with E-state index in [2.05, 4.69) is 0 Å². The highest BCUT2D eigenvalue weighted by Gasteiger charge is 2.49. The summed E-state index contributed by atoms with van der Waals surface area (Å²) < 4.78 is 40.3. The van der Waals surface area contributed by atoms with Crippen LogP contribution in [0.15, 0.2) is 53.4 Å². The number of sulfonamides is 1. The summed E-state index contributed by atoms with van der Waals surface area (Å²) in [5, 5.41) is 0.595. The summed E-state index contributed by atoms with van der Waals surface area (Å²) in [6.45, 7) is 0.591. The lowest BCUT2D eigenvalue weighted by Gasteiger charge is -2.43. The number of benzene rings is 2. The normalized spacial score (nSPS) is 20.1. The Labute approximate surface area is 172 Å². The average molecular weight is 441 g/mol. The monoisotopic (exact) mass is 440 g/mol. The molecule has 1 amide bonds. The lowest BCUT2D eigenvalue weighted by atomic mass is 10.0. The first-order valence-electron chi connectivity index (χ1n) is 8.80. The highest BCUT2D eigenvalue weighted by atomic mass is 35.5. The largest absolute Gasteiger partial charge is 0.296 e. The number of nitrogens with zero attached hydrogens (tertiary/aromatic N) is 2. The van der Waals surface area contributed by atoms with Gasteiger partial charge in [0.25, 0.3) is 0 Å². The number of hydrogen-bond acceptors (Lipinski definition) is 4. The molecule has 0 bridgehead atoms. The maximum absolute atomic E-state index is 13.1. The molecule has 0 unspecified atom stereocenters. The van der Waals surface area contributed by atoms with Crippen LogP contribution in [0.3, 0.4) is 0 Å². The Morgan fingerprint density at radius 1 is 1.00 bits per heavy atom. The van der Waals surface area contributed by atoms with Crippen molar-refractivity contribution in [3.8, 4) is 0 Å². The Morgan fingerprint density at radius 2 is 1.61 bits per heavy atom. The quantitative estimate of drug-likeness (QED) is 0.729. The van der Waals surface area contributed by atoms with E-state index in [0.29, 0.717) is 36.7 Å². The maximum Gasteiger partial charge on any atom is 0.243 e. The van der Waals surface area contributed by atoms with Crippen LogP contribution in [0, 0.1) is 5.82 Å². The zero-order valence-corrected chi connectivity index (χ0v) is 17.2. The van der Waals surface area contributed by atoms with Crippen LogP contribution in [-0.2, 0) is 14.8 Å². The Morgan fingerprint density at radius 3 is 2.21 bits per heavy atom. The Bertz CT molecular complexity index is 989. The van der Waals surface area contributed by atoms with Gasteiger partial charge in [0.05, 0.1) is 15.5 Å². The van der Waals surface area contributed by atoms with Crippen LogP contribution >= 0.6 is 23.4 Å². The molecule has 0 atom stereocenters. The maximum atomic E-state index is 13.1. The van der Waals surface area contributed by atoms with Crippen LogP contribution in [0.1, 0.15) is 12.8 Å². The summed E-state index contributed by atoms with van der Waals surface area (Å²) in [6, 6.07) is 12.0. The first kappa shape index (κ1) is 19.7. The van der Waals surface area contributed by atoms with Crippen molar-refractivity contribution in [2.45, 2.75) is 22.6 Å². The zero-order valence-electron chi connectivity index (χ0n) is 14.8. The lowest BCUT2D eigenvalue weighted by molar-refractivity contribution is -0.116. The zero-order chi connectivity index (χ0) is 19.9. The van der Waals surface area contributed by atoms with Crippen molar-refractivity contribution in [3.05, 3.63) is 59.4 Å². The van der Waals surface area contributed by atoms with E-state index >= 15 is 0 Å². The molecule has 2 aliphatic heterocycles. The smallest absolute Gasteiger partial charge is 0.243 e. The molecule has 2 aromatic carbocycles. The van der Waals surface area contributed by atoms with Gasteiger partial charge in [-0.1, -0.05) is 11.6 Å². The minimum absolute atomic E-state index is 0.0159. The van der Waals surface area contributed by atoms with E-state index in [1.54, 1.807) is 28.8 Å². The number of piperidine rings is 1. The Hall–Kier alpha value is -1.61. The molecule has 28 heavy (non-hydrogen) atoms. The summed E-state index contributed by atoms with van der Waals surface area (Å²) >= 11 is 7.53. The predicted octanol–water partition coefficient (Wildman–Crippen LogP) is 3.74. The fourth-order valence-corrected chi connectivity index (χ4v) is 6.62. The molecule has 2 saturated heterocycles. The van der Waals surface area contributed by atoms with E-state index in [4.69, 9.17) is 11.6 Å². The number of thioether (sulfide) groups is 1. The van der Waals surface area contributed by atoms with Crippen LogP contribution in [0.25, 0.3) is 0 Å². The number of carbonyl (C=O) groups excluding carboxylic acids is 1. The SMILES string of the molecule is O=C1CSC2(CCN(S(=O)(=O)c3ccc(F)cc3)CC2)N1c1ccc(Cl)cc1. The Kier molecular flexibility index (Phi) is 5.16. The molecule has 9 heteroatoms. The molecule has 0 aromatic heterocycles. The second kappa shape index (κ2) is 7.33. The third-order valence-electron chi connectivity index (χ3n) is 5.16. The van der Waals surface area contributed by atoms with E-state index in [1.807, 2.05) is 12.1 Å². The van der Waals surface area contributed by atoms with Gasteiger partial charge in [0.1, 0.15) is 5.82 Å². The summed E-state index contributed by atoms with van der Waals surface area (Å²) in [7, 11) is -3.69. The fraction of sp³-hybridized carbons (Fsp3) is 0.316. The van der Waals surface area contributed by atoms with Gasteiger partial charge in [-0.3, -0.25) is 9.69 Å². The van der Waals surface area contributed by atoms with E-state index in [9.17, 15) is 17.6 Å². The number of amides is 1. The molecule has 2 aromatic rings. The van der Waals surface area contributed by atoms with Gasteiger partial charge in [0.15, 0.2) is 0 Å². The molecule has 0 radical (unpaired) electrons. The lowest BCUT2D eigenvalue weighted by Crippen LogP contribution is -2.53. The number of carbonyl (C=O) groups is 1. The summed E-state index contributed by atoms with van der Waals surface area (Å²) in [5.41, 5.74) is 0.772. The first-order valence-corrected chi connectivity index (χ1v) is 11.6. The molecule has 2 heterocycles. The van der Waals surface area contributed by atoms with E-state index in [0.717, 1.165) is 17.8 Å². The van der Waals surface area contributed by atoms with Gasteiger partial charge in [-0.2, -0.15) is 4.31 Å². The number of rotatable bonds is 3. The molecule has 5 nitrogen and oxygen atoms in total. The molecule has 2 fully saturated rings. The van der Waals surface area contributed by atoms with Crippen molar-refractivity contribution < 1.29 is 17.6 Å². The molecule has 0 N–H and O–H groups in total. The van der Waals surface area contributed by atoms with Crippen molar-refractivity contribution in [2.75, 3.05) is 23.7 Å². The van der Waals surface area contributed by atoms with Crippen molar-refractivity contribution in [2.24, 2.45) is 0 Å². The van der Waals surface area contributed by atoms with Crippen molar-refractivity contribution >= 4 is 45.0 Å². The fourth-order valence-electron chi connectivity index (χ4n) is 3.72. The van der Waals surface area contributed by atoms with Gasteiger partial charge >= 0.3 is 0 Å². The van der Waals surface area contributed by atoms with Crippen LogP contribution in [0.4, 0.5) is 10.1 Å². The van der Waals surface area contributed by atoms with E-state index < -0.39 is 20.7 Å². The van der Waals surface area contributed by atoms with Gasteiger partial charge < -0.3 is 0 Å². The van der Waals surface area contributed by atoms with Gasteiger partial charge in [-0.25, -0.2) is 12.8 Å². The minimum atomic E-state index is -3.69. The van der Waals surface area contributed by atoms with Crippen molar-refractivity contribution in [3.63, 3.8) is 0 Å². The van der Waals surface area contributed by atoms with Crippen LogP contribution < -0.4 is 4.90 Å². The van der Waals surface area contributed by atoms with Crippen LogP contribution in [0.5, 0.6) is 0 Å². The molecule has 4 rings (SSSR count). The second-order valence-corrected chi connectivity index (χ2v) is 10.5. The minimum Gasteiger partial charge on any atom is -0.296 e. The van der Waals surface area contributed by atoms with Gasteiger partial charge in [-0.05, 0) is 61.4 Å². The third kappa shape index (κ3) is 3.43. The van der Waals surface area contributed by atoms with Gasteiger partial charge in [0.2, 0.25) is 15.9 Å². The third-order valence-corrected chi connectivity index (χ3v) is 8.85. The van der Waals surface area contributed by atoms with Gasteiger partial charge in [-0.15, -0.1) is 11.8 Å². The van der Waals surface area contributed by atoms with Crippen molar-refractivity contribution in [1.29, 1.82) is 0 Å². The standard InChI is InChI=1S/C19H18ClFN2O3S2/c20-14-1-5-16(6-2-14)23-18(24)13-27-19(23)9-11-22(12-10-19)28(25,26)17-7-3-15(21)4-8-17/h1-8H,9-13H2. The number of halogens is 2. The molecule has 148 valence electrons. The van der Waals surface area contributed by atoms with Crippen LogP contribution in [-0.4, -0.2) is 42.3 Å². The molecule has 2 aliphatic rings. The summed E-state index contributed by atoms with van der Waals surface area (Å²) in [6.07, 6.45) is 1.04. The highest BCUT2D eigenvalue weighted by Crippen LogP contribution is 2.47. The molecular weight excluding hydrogens is 423 g/mol. The number of anilines is 1.